The van der Waals surface area contributed by atoms with Gasteiger partial charge in [0.2, 0.25) is 0 Å². The molecule has 130 valence electrons. The molecule has 0 aliphatic rings. The Morgan fingerprint density at radius 2 is 1.73 bits per heavy atom. The molecular formula is C20H14F3N3. The van der Waals surface area contributed by atoms with Crippen molar-refractivity contribution in [3.63, 3.8) is 0 Å². The number of pyridine rings is 2. The number of nitrogens with zero attached hydrogens (tertiary/aromatic N) is 2. The maximum atomic E-state index is 12.7. The van der Waals surface area contributed by atoms with E-state index in [4.69, 9.17) is 0 Å². The molecule has 0 aliphatic heterocycles. The number of fused-ring (bicyclic) bond motifs is 1. The van der Waals surface area contributed by atoms with Gasteiger partial charge in [-0.2, -0.15) is 13.2 Å². The van der Waals surface area contributed by atoms with Crippen LogP contribution in [0.15, 0.2) is 67.0 Å². The lowest BCUT2D eigenvalue weighted by atomic mass is 10.0. The van der Waals surface area contributed by atoms with Crippen molar-refractivity contribution in [1.29, 1.82) is 0 Å². The van der Waals surface area contributed by atoms with E-state index in [0.717, 1.165) is 45.7 Å². The van der Waals surface area contributed by atoms with Crippen molar-refractivity contribution >= 4 is 11.0 Å². The molecule has 4 aromatic rings. The van der Waals surface area contributed by atoms with E-state index in [1.807, 2.05) is 36.5 Å². The van der Waals surface area contributed by atoms with Crippen LogP contribution < -0.4 is 0 Å². The third kappa shape index (κ3) is 3.18. The van der Waals surface area contributed by atoms with Gasteiger partial charge in [-0.25, -0.2) is 4.98 Å². The average Bonchev–Trinajstić information content (AvgIpc) is 3.09. The van der Waals surface area contributed by atoms with Gasteiger partial charge < -0.3 is 4.98 Å². The molecule has 3 aromatic heterocycles. The van der Waals surface area contributed by atoms with E-state index < -0.39 is 11.7 Å². The van der Waals surface area contributed by atoms with Gasteiger partial charge in [-0.1, -0.05) is 12.1 Å². The fourth-order valence-electron chi connectivity index (χ4n) is 2.90. The third-order valence-corrected chi connectivity index (χ3v) is 4.23. The van der Waals surface area contributed by atoms with E-state index in [1.54, 1.807) is 6.20 Å². The number of rotatable bonds is 3. The highest BCUT2D eigenvalue weighted by Crippen LogP contribution is 2.30. The number of alkyl halides is 3. The maximum absolute atomic E-state index is 12.7. The Morgan fingerprint density at radius 1 is 0.923 bits per heavy atom. The van der Waals surface area contributed by atoms with E-state index in [-0.39, 0.29) is 0 Å². The van der Waals surface area contributed by atoms with Crippen molar-refractivity contribution in [2.24, 2.45) is 0 Å². The molecule has 6 heteroatoms. The zero-order valence-corrected chi connectivity index (χ0v) is 13.6. The highest BCUT2D eigenvalue weighted by atomic mass is 19.4. The molecule has 0 saturated carbocycles. The highest BCUT2D eigenvalue weighted by Gasteiger charge is 2.29. The van der Waals surface area contributed by atoms with Gasteiger partial charge in [0.25, 0.3) is 0 Å². The molecule has 1 N–H and O–H groups in total. The summed E-state index contributed by atoms with van der Waals surface area (Å²) in [4.78, 5) is 12.1. The van der Waals surface area contributed by atoms with Gasteiger partial charge >= 0.3 is 6.18 Å². The predicted octanol–water partition coefficient (Wildman–Crippen LogP) is 5.23. The summed E-state index contributed by atoms with van der Waals surface area (Å²) in [6.45, 7) is 0. The van der Waals surface area contributed by atoms with Crippen LogP contribution in [0, 0.1) is 0 Å². The molecule has 0 spiro atoms. The Kier molecular flexibility index (Phi) is 3.95. The van der Waals surface area contributed by atoms with Gasteiger partial charge in [-0.15, -0.1) is 0 Å². The second kappa shape index (κ2) is 6.29. The van der Waals surface area contributed by atoms with E-state index in [2.05, 4.69) is 15.0 Å². The number of aromatic amines is 1. The molecule has 0 aliphatic carbocycles. The van der Waals surface area contributed by atoms with Crippen LogP contribution in [0.3, 0.4) is 0 Å². The quantitative estimate of drug-likeness (QED) is 0.548. The van der Waals surface area contributed by atoms with Gasteiger partial charge in [-0.3, -0.25) is 4.98 Å². The molecule has 3 nitrogen and oxygen atoms in total. The van der Waals surface area contributed by atoms with Crippen molar-refractivity contribution < 1.29 is 13.2 Å². The second-order valence-corrected chi connectivity index (χ2v) is 5.98. The fraction of sp³-hybridized carbons (Fsp3) is 0.100. The Labute approximate surface area is 147 Å². The molecule has 0 bridgehead atoms. The van der Waals surface area contributed by atoms with E-state index in [9.17, 15) is 13.2 Å². The second-order valence-electron chi connectivity index (χ2n) is 5.98. The number of hydrogen-bond acceptors (Lipinski definition) is 2. The SMILES string of the molecule is FC(F)(F)c1ccc(Cc2ncccc2-c2ccc3cc[nH]c3n2)cc1. The van der Waals surface area contributed by atoms with Crippen LogP contribution in [0.5, 0.6) is 0 Å². The Morgan fingerprint density at radius 3 is 2.50 bits per heavy atom. The number of nitrogens with one attached hydrogen (secondary N) is 1. The average molecular weight is 353 g/mol. The normalized spacial score (nSPS) is 11.8. The topological polar surface area (TPSA) is 41.6 Å². The first-order chi connectivity index (χ1) is 12.5. The highest BCUT2D eigenvalue weighted by molar-refractivity contribution is 5.79. The van der Waals surface area contributed by atoms with Crippen molar-refractivity contribution in [1.82, 2.24) is 15.0 Å². The summed E-state index contributed by atoms with van der Waals surface area (Å²) in [5, 5.41) is 1.02. The summed E-state index contributed by atoms with van der Waals surface area (Å²) in [6, 6.07) is 14.8. The molecule has 26 heavy (non-hydrogen) atoms. The molecule has 0 saturated heterocycles. The van der Waals surface area contributed by atoms with Gasteiger partial charge in [0.15, 0.2) is 0 Å². The Bertz CT molecular complexity index is 1050. The lowest BCUT2D eigenvalue weighted by Gasteiger charge is -2.10. The minimum atomic E-state index is -4.33. The lowest BCUT2D eigenvalue weighted by Crippen LogP contribution is -2.05. The maximum Gasteiger partial charge on any atom is 0.416 e. The summed E-state index contributed by atoms with van der Waals surface area (Å²) in [5.74, 6) is 0. The van der Waals surface area contributed by atoms with Gasteiger partial charge in [0.05, 0.1) is 17.0 Å². The summed E-state index contributed by atoms with van der Waals surface area (Å²) in [6.07, 6.45) is -0.396. The molecule has 0 unspecified atom stereocenters. The van der Waals surface area contributed by atoms with Crippen molar-refractivity contribution in [2.45, 2.75) is 12.6 Å². The minimum absolute atomic E-state index is 0.429. The van der Waals surface area contributed by atoms with Crippen molar-refractivity contribution in [3.8, 4) is 11.3 Å². The predicted molar refractivity (Wildman–Crippen MR) is 93.6 cm³/mol. The van der Waals surface area contributed by atoms with Crippen LogP contribution in [-0.4, -0.2) is 15.0 Å². The summed E-state index contributed by atoms with van der Waals surface area (Å²) < 4.78 is 38.1. The van der Waals surface area contributed by atoms with E-state index >= 15 is 0 Å². The molecule has 3 heterocycles. The Balaban J connectivity index is 1.67. The molecule has 1 aromatic carbocycles. The van der Waals surface area contributed by atoms with Crippen LogP contribution in [0.4, 0.5) is 13.2 Å². The number of H-pyrrole nitrogens is 1. The van der Waals surface area contributed by atoms with Crippen LogP contribution in [0.1, 0.15) is 16.8 Å². The van der Waals surface area contributed by atoms with Crippen molar-refractivity contribution in [2.75, 3.05) is 0 Å². The van der Waals surface area contributed by atoms with Gasteiger partial charge in [0.1, 0.15) is 5.65 Å². The first-order valence-electron chi connectivity index (χ1n) is 8.05. The van der Waals surface area contributed by atoms with Crippen LogP contribution in [0.25, 0.3) is 22.3 Å². The first-order valence-corrected chi connectivity index (χ1v) is 8.05. The van der Waals surface area contributed by atoms with E-state index in [1.165, 1.54) is 12.1 Å². The largest absolute Gasteiger partial charge is 0.416 e. The van der Waals surface area contributed by atoms with Crippen LogP contribution in [-0.2, 0) is 12.6 Å². The number of hydrogen-bond donors (Lipinski definition) is 1. The molecular weight excluding hydrogens is 339 g/mol. The molecule has 0 atom stereocenters. The fourth-order valence-corrected chi connectivity index (χ4v) is 2.90. The van der Waals surface area contributed by atoms with Crippen LogP contribution >= 0.6 is 0 Å². The molecule has 4 rings (SSSR count). The summed E-state index contributed by atoms with van der Waals surface area (Å²) in [7, 11) is 0. The monoisotopic (exact) mass is 353 g/mol. The van der Waals surface area contributed by atoms with Crippen molar-refractivity contribution in [3.05, 3.63) is 83.8 Å². The summed E-state index contributed by atoms with van der Waals surface area (Å²) in [5.41, 5.74) is 3.30. The lowest BCUT2D eigenvalue weighted by molar-refractivity contribution is -0.137. The van der Waals surface area contributed by atoms with Gasteiger partial charge in [-0.05, 0) is 48.0 Å². The number of aromatic nitrogens is 3. The summed E-state index contributed by atoms with van der Waals surface area (Å²) >= 11 is 0. The zero-order valence-electron chi connectivity index (χ0n) is 13.6. The molecule has 0 radical (unpaired) electrons. The molecule has 0 fully saturated rings. The zero-order chi connectivity index (χ0) is 18.1. The minimum Gasteiger partial charge on any atom is -0.346 e. The van der Waals surface area contributed by atoms with Crippen LogP contribution in [0.2, 0.25) is 0 Å². The standard InChI is InChI=1S/C20H14F3N3/c21-20(22,23)15-6-3-13(4-7-15)12-18-16(2-1-10-24-18)17-8-5-14-9-11-25-19(14)26-17/h1-11H,12H2,(H,25,26). The van der Waals surface area contributed by atoms with Gasteiger partial charge in [0, 0.05) is 29.8 Å². The number of benzene rings is 1. The molecule has 0 amide bonds. The Hall–Kier alpha value is -3.15. The number of halogens is 3. The first kappa shape index (κ1) is 16.3. The van der Waals surface area contributed by atoms with E-state index in [0.29, 0.717) is 6.42 Å². The third-order valence-electron chi connectivity index (χ3n) is 4.23. The smallest absolute Gasteiger partial charge is 0.346 e.